The maximum Gasteiger partial charge on any atom is 0.325 e. The minimum absolute atomic E-state index is 0.00287. The lowest BCUT2D eigenvalue weighted by Gasteiger charge is -2.12. The normalized spacial score (nSPS) is 10.3. The van der Waals surface area contributed by atoms with Crippen LogP contribution >= 0.6 is 11.5 Å². The number of hydrogen-bond acceptors (Lipinski definition) is 6. The number of nitrogens with one attached hydrogen (secondary N) is 2. The second-order valence-corrected chi connectivity index (χ2v) is 6.20. The van der Waals surface area contributed by atoms with Gasteiger partial charge in [0.25, 0.3) is 0 Å². The molecule has 0 atom stereocenters. The third kappa shape index (κ3) is 4.26. The molecule has 7 nitrogen and oxygen atoms in total. The molecule has 2 aromatic carbocycles. The van der Waals surface area contributed by atoms with Gasteiger partial charge in [0.15, 0.2) is 5.78 Å². The number of para-hydroxylation sites is 1. The van der Waals surface area contributed by atoms with Crippen molar-refractivity contribution in [2.75, 3.05) is 17.7 Å². The molecule has 0 aliphatic carbocycles. The molecule has 2 N–H and O–H groups in total. The monoisotopic (exact) mass is 386 g/mol. The highest BCUT2D eigenvalue weighted by Crippen LogP contribution is 2.26. The summed E-state index contributed by atoms with van der Waals surface area (Å²) in [4.78, 5) is 29.1. The zero-order valence-corrected chi connectivity index (χ0v) is 15.3. The minimum Gasteiger partial charge on any atom is -0.496 e. The first kappa shape index (κ1) is 18.5. The van der Waals surface area contributed by atoms with Gasteiger partial charge in [0.2, 0.25) is 5.13 Å². The summed E-state index contributed by atoms with van der Waals surface area (Å²) in [7, 11) is 1.44. The van der Waals surface area contributed by atoms with Gasteiger partial charge in [-0.05, 0) is 37.3 Å². The Labute approximate surface area is 158 Å². The molecule has 0 saturated carbocycles. The standard InChI is InChI=1S/C18H15FN4O3S/c1-10-20-18(27-23-10)22-17(25)21-14-8-7-11(19)9-13(14)16(24)12-5-3-4-6-15(12)26-2/h3-9H,1-2H3,(H2,20,21,22,23,25). The van der Waals surface area contributed by atoms with Crippen molar-refractivity contribution < 1.29 is 18.7 Å². The Kier molecular flexibility index (Phi) is 5.41. The predicted molar refractivity (Wildman–Crippen MR) is 100 cm³/mol. The van der Waals surface area contributed by atoms with Crippen LogP contribution in [0.3, 0.4) is 0 Å². The van der Waals surface area contributed by atoms with Gasteiger partial charge >= 0.3 is 6.03 Å². The first-order valence-corrected chi connectivity index (χ1v) is 8.61. The number of urea groups is 1. The van der Waals surface area contributed by atoms with Crippen LogP contribution in [-0.2, 0) is 0 Å². The van der Waals surface area contributed by atoms with E-state index >= 15 is 0 Å². The Morgan fingerprint density at radius 1 is 1.11 bits per heavy atom. The summed E-state index contributed by atoms with van der Waals surface area (Å²) in [5, 5.41) is 5.37. The van der Waals surface area contributed by atoms with E-state index in [2.05, 4.69) is 20.0 Å². The van der Waals surface area contributed by atoms with E-state index in [1.807, 2.05) is 0 Å². The number of halogens is 1. The molecule has 3 aromatic rings. The van der Waals surface area contributed by atoms with Gasteiger partial charge in [0.05, 0.1) is 18.4 Å². The van der Waals surface area contributed by atoms with Gasteiger partial charge in [-0.2, -0.15) is 4.37 Å². The van der Waals surface area contributed by atoms with E-state index in [0.29, 0.717) is 16.7 Å². The lowest BCUT2D eigenvalue weighted by molar-refractivity contribution is 0.103. The maximum atomic E-state index is 13.8. The summed E-state index contributed by atoms with van der Waals surface area (Å²) >= 11 is 1.03. The van der Waals surface area contributed by atoms with Crippen molar-refractivity contribution in [1.29, 1.82) is 0 Å². The quantitative estimate of drug-likeness (QED) is 0.650. The van der Waals surface area contributed by atoms with Crippen LogP contribution in [-0.4, -0.2) is 28.3 Å². The van der Waals surface area contributed by atoms with Crippen LogP contribution in [0.15, 0.2) is 42.5 Å². The number of rotatable bonds is 5. The Balaban J connectivity index is 1.88. The van der Waals surface area contributed by atoms with Gasteiger partial charge in [0, 0.05) is 17.1 Å². The fourth-order valence-electron chi connectivity index (χ4n) is 2.39. The van der Waals surface area contributed by atoms with Crippen molar-refractivity contribution in [1.82, 2.24) is 9.36 Å². The number of ketones is 1. The molecule has 9 heteroatoms. The van der Waals surface area contributed by atoms with Gasteiger partial charge in [-0.1, -0.05) is 12.1 Å². The lowest BCUT2D eigenvalue weighted by Crippen LogP contribution is -2.21. The van der Waals surface area contributed by atoms with Gasteiger partial charge in [0.1, 0.15) is 17.4 Å². The molecular weight excluding hydrogens is 371 g/mol. The van der Waals surface area contributed by atoms with Crippen LogP contribution in [0, 0.1) is 12.7 Å². The number of hydrogen-bond donors (Lipinski definition) is 2. The van der Waals surface area contributed by atoms with Crippen LogP contribution in [0.2, 0.25) is 0 Å². The topological polar surface area (TPSA) is 93.2 Å². The first-order valence-electron chi connectivity index (χ1n) is 7.83. The molecule has 1 heterocycles. The van der Waals surface area contributed by atoms with Crippen molar-refractivity contribution in [3.05, 3.63) is 65.2 Å². The van der Waals surface area contributed by atoms with Crippen molar-refractivity contribution in [2.24, 2.45) is 0 Å². The van der Waals surface area contributed by atoms with E-state index < -0.39 is 17.6 Å². The lowest BCUT2D eigenvalue weighted by atomic mass is 10.0. The van der Waals surface area contributed by atoms with Crippen molar-refractivity contribution in [3.8, 4) is 5.75 Å². The van der Waals surface area contributed by atoms with Gasteiger partial charge in [-0.25, -0.2) is 14.2 Å². The van der Waals surface area contributed by atoms with Crippen LogP contribution < -0.4 is 15.4 Å². The van der Waals surface area contributed by atoms with E-state index in [1.54, 1.807) is 31.2 Å². The third-order valence-corrected chi connectivity index (χ3v) is 4.30. The zero-order chi connectivity index (χ0) is 19.4. The smallest absolute Gasteiger partial charge is 0.325 e. The second kappa shape index (κ2) is 7.92. The molecule has 0 radical (unpaired) electrons. The molecule has 138 valence electrons. The molecule has 0 fully saturated rings. The number of aromatic nitrogens is 2. The molecule has 0 aliphatic rings. The summed E-state index contributed by atoms with van der Waals surface area (Å²) in [6, 6.07) is 9.52. The average molecular weight is 386 g/mol. The third-order valence-electron chi connectivity index (χ3n) is 3.57. The number of benzene rings is 2. The highest BCUT2D eigenvalue weighted by atomic mass is 32.1. The van der Waals surface area contributed by atoms with Crippen LogP contribution in [0.4, 0.5) is 20.0 Å². The first-order chi connectivity index (χ1) is 13.0. The van der Waals surface area contributed by atoms with Gasteiger partial charge in [-0.3, -0.25) is 10.1 Å². The molecular formula is C18H15FN4O3S. The number of amides is 2. The van der Waals surface area contributed by atoms with Gasteiger partial charge < -0.3 is 10.1 Å². The fourth-order valence-corrected chi connectivity index (χ4v) is 2.96. The Hall–Kier alpha value is -3.33. The molecule has 0 aliphatic heterocycles. The van der Waals surface area contributed by atoms with Crippen LogP contribution in [0.1, 0.15) is 21.7 Å². The number of carbonyl (C=O) groups excluding carboxylic acids is 2. The number of methoxy groups -OCH3 is 1. The molecule has 3 rings (SSSR count). The van der Waals surface area contributed by atoms with E-state index in [0.717, 1.165) is 23.7 Å². The van der Waals surface area contributed by atoms with Crippen LogP contribution in [0.5, 0.6) is 5.75 Å². The summed E-state index contributed by atoms with van der Waals surface area (Å²) in [5.41, 5.74) is 0.419. The van der Waals surface area contributed by atoms with Crippen molar-refractivity contribution >= 4 is 34.2 Å². The summed E-state index contributed by atoms with van der Waals surface area (Å²) in [5.74, 6) is -0.191. The predicted octanol–water partition coefficient (Wildman–Crippen LogP) is 3.87. The van der Waals surface area contributed by atoms with Gasteiger partial charge in [-0.15, -0.1) is 0 Å². The molecule has 27 heavy (non-hydrogen) atoms. The number of nitrogens with zero attached hydrogens (tertiary/aromatic N) is 2. The largest absolute Gasteiger partial charge is 0.496 e. The number of ether oxygens (including phenoxy) is 1. The van der Waals surface area contributed by atoms with Crippen molar-refractivity contribution in [2.45, 2.75) is 6.92 Å². The zero-order valence-electron chi connectivity index (χ0n) is 14.4. The van der Waals surface area contributed by atoms with Crippen molar-refractivity contribution in [3.63, 3.8) is 0 Å². The SMILES string of the molecule is COc1ccccc1C(=O)c1cc(F)ccc1NC(=O)Nc1nc(C)ns1. The summed E-state index contributed by atoms with van der Waals surface area (Å²) in [6.07, 6.45) is 0. The Morgan fingerprint density at radius 3 is 2.59 bits per heavy atom. The molecule has 2 amide bonds. The highest BCUT2D eigenvalue weighted by Gasteiger charge is 2.19. The number of anilines is 2. The average Bonchev–Trinajstić information content (AvgIpc) is 3.07. The second-order valence-electron chi connectivity index (χ2n) is 5.45. The highest BCUT2D eigenvalue weighted by molar-refractivity contribution is 7.09. The van der Waals surface area contributed by atoms with E-state index in [4.69, 9.17) is 4.74 Å². The molecule has 0 unspecified atom stereocenters. The molecule has 0 bridgehead atoms. The summed E-state index contributed by atoms with van der Waals surface area (Å²) < 4.78 is 22.9. The van der Waals surface area contributed by atoms with Crippen LogP contribution in [0.25, 0.3) is 0 Å². The minimum atomic E-state index is -0.619. The van der Waals surface area contributed by atoms with E-state index in [1.165, 1.54) is 13.2 Å². The number of aryl methyl sites for hydroxylation is 1. The fraction of sp³-hybridized carbons (Fsp3) is 0.111. The molecule has 1 aromatic heterocycles. The molecule has 0 spiro atoms. The van der Waals surface area contributed by atoms with E-state index in [-0.39, 0.29) is 16.8 Å². The summed E-state index contributed by atoms with van der Waals surface area (Å²) in [6.45, 7) is 1.70. The van der Waals surface area contributed by atoms with E-state index in [9.17, 15) is 14.0 Å². The molecule has 0 saturated heterocycles. The number of carbonyl (C=O) groups is 2. The maximum absolute atomic E-state index is 13.8. The Morgan fingerprint density at radius 2 is 1.89 bits per heavy atom. The Bertz CT molecular complexity index is 1010.